The van der Waals surface area contributed by atoms with E-state index in [1.54, 1.807) is 0 Å². The minimum Gasteiger partial charge on any atom is -0.296 e. The summed E-state index contributed by atoms with van der Waals surface area (Å²) >= 11 is 0. The summed E-state index contributed by atoms with van der Waals surface area (Å²) in [5.41, 5.74) is 22.2. The van der Waals surface area contributed by atoms with Gasteiger partial charge in [-0.3, -0.25) is 4.57 Å². The van der Waals surface area contributed by atoms with Crippen LogP contribution in [0.4, 0.5) is 0 Å². The first-order chi connectivity index (χ1) is 36.2. The van der Waals surface area contributed by atoms with Crippen molar-refractivity contribution >= 4 is 32.6 Å². The molecule has 0 radical (unpaired) electrons. The smallest absolute Gasteiger partial charge is 0.114 e. The van der Waals surface area contributed by atoms with E-state index in [0.717, 1.165) is 62.3 Å². The van der Waals surface area contributed by atoms with Crippen LogP contribution in [-0.2, 0) is 6.42 Å². The molecule has 2 heteroatoms. The van der Waals surface area contributed by atoms with Crippen LogP contribution in [0, 0.1) is 0 Å². The Kier molecular flexibility index (Phi) is 11.2. The molecule has 0 spiro atoms. The number of hydrogen-bond donors (Lipinski definition) is 0. The molecule has 0 saturated carbocycles. The largest absolute Gasteiger partial charge is 0.296 e. The zero-order chi connectivity index (χ0) is 48.7. The van der Waals surface area contributed by atoms with Crippen LogP contribution in [0.1, 0.15) is 12.7 Å². The molecule has 0 unspecified atom stereocenters. The van der Waals surface area contributed by atoms with Crippen LogP contribution in [0.15, 0.2) is 273 Å². The Morgan fingerprint density at radius 3 is 0.973 bits per heavy atom. The van der Waals surface area contributed by atoms with Crippen molar-refractivity contribution in [1.29, 1.82) is 0 Å². The van der Waals surface area contributed by atoms with Gasteiger partial charge in [-0.1, -0.05) is 250 Å². The van der Waals surface area contributed by atoms with Crippen molar-refractivity contribution in [1.82, 2.24) is 9.55 Å². The Labute approximate surface area is 426 Å². The third-order valence-corrected chi connectivity index (χ3v) is 14.5. The fourth-order valence-electron chi connectivity index (χ4n) is 11.5. The number of imidazole rings is 1. The van der Waals surface area contributed by atoms with Gasteiger partial charge < -0.3 is 0 Å². The van der Waals surface area contributed by atoms with E-state index >= 15 is 0 Å². The summed E-state index contributed by atoms with van der Waals surface area (Å²) in [6, 6.07) is 100. The molecule has 12 aromatic carbocycles. The van der Waals surface area contributed by atoms with Gasteiger partial charge in [0.2, 0.25) is 0 Å². The van der Waals surface area contributed by atoms with Crippen LogP contribution in [0.5, 0.6) is 0 Å². The first kappa shape index (κ1) is 43.6. The maximum Gasteiger partial charge on any atom is 0.114 e. The van der Waals surface area contributed by atoms with Gasteiger partial charge in [0.25, 0.3) is 0 Å². The summed E-state index contributed by atoms with van der Waals surface area (Å²) in [5, 5.41) is 4.85. The summed E-state index contributed by atoms with van der Waals surface area (Å²) in [7, 11) is 0. The number of rotatable bonds is 10. The normalized spacial score (nSPS) is 11.4. The topological polar surface area (TPSA) is 17.8 Å². The monoisotopic (exact) mass is 930 g/mol. The van der Waals surface area contributed by atoms with E-state index in [2.05, 4.69) is 284 Å². The van der Waals surface area contributed by atoms with E-state index in [4.69, 9.17) is 4.98 Å². The van der Waals surface area contributed by atoms with Crippen molar-refractivity contribution in [3.05, 3.63) is 279 Å². The molecule has 0 N–H and O–H groups in total. The molecule has 0 atom stereocenters. The van der Waals surface area contributed by atoms with Gasteiger partial charge in [-0.2, -0.15) is 0 Å². The summed E-state index contributed by atoms with van der Waals surface area (Å²) < 4.78 is 2.33. The molecule has 344 valence electrons. The molecule has 0 fully saturated rings. The number of aryl methyl sites for hydroxylation is 1. The van der Waals surface area contributed by atoms with E-state index in [0.29, 0.717) is 0 Å². The number of nitrogens with zero attached hydrogens (tertiary/aromatic N) is 2. The number of hydrogen-bond acceptors (Lipinski definition) is 1. The van der Waals surface area contributed by atoms with E-state index < -0.39 is 0 Å². The van der Waals surface area contributed by atoms with Gasteiger partial charge in [-0.15, -0.1) is 0 Å². The van der Waals surface area contributed by atoms with Gasteiger partial charge in [0, 0.05) is 12.1 Å². The Morgan fingerprint density at radius 1 is 0.274 bits per heavy atom. The Hall–Kier alpha value is -9.37. The lowest BCUT2D eigenvalue weighted by Gasteiger charge is -2.29. The Balaban J connectivity index is 1.12. The minimum atomic E-state index is 0.830. The highest BCUT2D eigenvalue weighted by molar-refractivity contribution is 6.22. The molecule has 0 amide bonds. The van der Waals surface area contributed by atoms with Gasteiger partial charge in [0.1, 0.15) is 5.82 Å². The van der Waals surface area contributed by atoms with Crippen LogP contribution < -0.4 is 0 Å². The fraction of sp³-hybridized carbons (Fsp3) is 0.0282. The molecule has 0 bridgehead atoms. The van der Waals surface area contributed by atoms with E-state index in [1.807, 2.05) is 0 Å². The van der Waals surface area contributed by atoms with Crippen molar-refractivity contribution in [2.75, 3.05) is 0 Å². The molecule has 1 heterocycles. The molecular formula is C71H50N2. The van der Waals surface area contributed by atoms with Crippen molar-refractivity contribution in [3.63, 3.8) is 0 Å². The highest BCUT2D eigenvalue weighted by Crippen LogP contribution is 2.56. The third-order valence-electron chi connectivity index (χ3n) is 14.5. The lowest BCUT2D eigenvalue weighted by molar-refractivity contribution is 0.908. The summed E-state index contributed by atoms with van der Waals surface area (Å²) in [6.07, 6.45) is 0.830. The summed E-state index contributed by atoms with van der Waals surface area (Å²) in [4.78, 5) is 5.05. The predicted molar refractivity (Wildman–Crippen MR) is 309 cm³/mol. The number of aromatic nitrogens is 2. The first-order valence-corrected chi connectivity index (χ1v) is 25.4. The predicted octanol–water partition coefficient (Wildman–Crippen LogP) is 19.2. The van der Waals surface area contributed by atoms with E-state index in [-0.39, 0.29) is 0 Å². The summed E-state index contributed by atoms with van der Waals surface area (Å²) in [6.45, 7) is 2.19. The van der Waals surface area contributed by atoms with Crippen LogP contribution in [-0.4, -0.2) is 9.55 Å². The minimum absolute atomic E-state index is 0.830. The molecule has 73 heavy (non-hydrogen) atoms. The molecular weight excluding hydrogens is 881 g/mol. The fourth-order valence-corrected chi connectivity index (χ4v) is 11.5. The molecule has 0 aliphatic heterocycles. The molecule has 1 aromatic heterocycles. The molecule has 0 aliphatic carbocycles. The average molecular weight is 931 g/mol. The first-order valence-electron chi connectivity index (χ1n) is 25.4. The second kappa shape index (κ2) is 18.8. The van der Waals surface area contributed by atoms with E-state index in [9.17, 15) is 0 Å². The van der Waals surface area contributed by atoms with Crippen LogP contribution >= 0.6 is 0 Å². The molecule has 0 aliphatic rings. The standard InChI is InChI=1S/C71H50N2/c1-2-63-72-61-44-22-23-45-62(61)73(63)56-39-25-38-55(47-56)65-59-42-20-18-40-57(59)64(58-41-19-21-43-60(58)65)53-36-24-37-54(46-53)71-69(51-32-14-6-15-33-51)67(49-28-10-4-11-29-49)66(48-26-8-3-9-27-48)68(50-30-12-5-13-31-50)70(71)52-34-16-7-17-35-52/h3-47H,2H2,1H3. The highest BCUT2D eigenvalue weighted by atomic mass is 15.1. The maximum absolute atomic E-state index is 5.05. The van der Waals surface area contributed by atoms with Gasteiger partial charge in [-0.05, 0) is 141 Å². The zero-order valence-corrected chi connectivity index (χ0v) is 40.6. The molecule has 13 rings (SSSR count). The molecule has 13 aromatic rings. The van der Waals surface area contributed by atoms with Crippen LogP contribution in [0.3, 0.4) is 0 Å². The quantitative estimate of drug-likeness (QED) is 0.125. The van der Waals surface area contributed by atoms with Crippen molar-refractivity contribution in [2.24, 2.45) is 0 Å². The second-order valence-corrected chi connectivity index (χ2v) is 18.8. The zero-order valence-electron chi connectivity index (χ0n) is 40.6. The second-order valence-electron chi connectivity index (χ2n) is 18.8. The van der Waals surface area contributed by atoms with Crippen LogP contribution in [0.2, 0.25) is 0 Å². The SMILES string of the molecule is CCc1nc2ccccc2n1-c1cccc(-c2c3ccccc3c(-c3cccc(-c4c(-c5ccccc5)c(-c5ccccc5)c(-c5ccccc5)c(-c5ccccc5)c4-c4ccccc4)c3)c3ccccc23)c1. The number of fused-ring (bicyclic) bond motifs is 3. The van der Waals surface area contributed by atoms with Gasteiger partial charge in [-0.25, -0.2) is 4.98 Å². The van der Waals surface area contributed by atoms with E-state index in [1.165, 1.54) is 77.2 Å². The Bertz CT molecular complexity index is 3980. The number of para-hydroxylation sites is 2. The van der Waals surface area contributed by atoms with Gasteiger partial charge in [0.05, 0.1) is 11.0 Å². The lowest BCUT2D eigenvalue weighted by atomic mass is 9.74. The molecule has 0 saturated heterocycles. The highest BCUT2D eigenvalue weighted by Gasteiger charge is 2.29. The van der Waals surface area contributed by atoms with Crippen molar-refractivity contribution in [2.45, 2.75) is 13.3 Å². The van der Waals surface area contributed by atoms with Gasteiger partial charge in [0.15, 0.2) is 0 Å². The van der Waals surface area contributed by atoms with Gasteiger partial charge >= 0.3 is 0 Å². The van der Waals surface area contributed by atoms with Crippen molar-refractivity contribution < 1.29 is 0 Å². The number of benzene rings is 12. The Morgan fingerprint density at radius 2 is 0.575 bits per heavy atom. The summed E-state index contributed by atoms with van der Waals surface area (Å²) in [5.74, 6) is 1.05. The maximum atomic E-state index is 5.05. The molecule has 2 nitrogen and oxygen atoms in total. The average Bonchev–Trinajstić information content (AvgIpc) is 3.87. The lowest BCUT2D eigenvalue weighted by Crippen LogP contribution is -2.02. The van der Waals surface area contributed by atoms with Crippen LogP contribution in [0.25, 0.3) is 127 Å². The third kappa shape index (κ3) is 7.64. The van der Waals surface area contributed by atoms with Crippen molar-refractivity contribution in [3.8, 4) is 94.7 Å².